The van der Waals surface area contributed by atoms with Crippen molar-refractivity contribution in [3.8, 4) is 22.3 Å². The molecule has 0 amide bonds. The van der Waals surface area contributed by atoms with E-state index >= 15 is 0 Å². The van der Waals surface area contributed by atoms with Crippen LogP contribution in [0.2, 0.25) is 12.1 Å². The average molecular weight is 581 g/mol. The van der Waals surface area contributed by atoms with Gasteiger partial charge in [-0.15, -0.1) is 0 Å². The highest BCUT2D eigenvalue weighted by Gasteiger charge is 2.43. The molecule has 6 rings (SSSR count). The fourth-order valence-electron chi connectivity index (χ4n) is 7.65. The lowest BCUT2D eigenvalue weighted by Gasteiger charge is -2.36. The Morgan fingerprint density at radius 3 is 1.33 bits per heavy atom. The van der Waals surface area contributed by atoms with Gasteiger partial charge in [0.1, 0.15) is 8.07 Å². The van der Waals surface area contributed by atoms with E-state index in [0.717, 1.165) is 12.8 Å². The highest BCUT2D eigenvalue weighted by molar-refractivity contribution is 6.94. The van der Waals surface area contributed by atoms with Gasteiger partial charge >= 0.3 is 0 Å². The second-order valence-electron chi connectivity index (χ2n) is 13.2. The average Bonchev–Trinajstić information content (AvgIpc) is 3.67. The number of fused-ring (bicyclic) bond motifs is 2. The molecule has 0 saturated carbocycles. The van der Waals surface area contributed by atoms with Gasteiger partial charge in [-0.25, -0.2) is 0 Å². The fraction of sp³-hybridized carbons (Fsp3) is 0.333. The molecule has 0 bridgehead atoms. The topological polar surface area (TPSA) is 0 Å². The van der Waals surface area contributed by atoms with Crippen LogP contribution >= 0.6 is 0 Å². The third kappa shape index (κ3) is 6.02. The van der Waals surface area contributed by atoms with Crippen LogP contribution in [0, 0.1) is 13.8 Å². The Labute approximate surface area is 261 Å². The SMILES string of the molecule is CCCCC[Si](CCCCC)(C1=Cc2c(cccc2-c2ccc(C)cc2)C1)C1=Cc2c(cccc2-c2ccc(C)cc2)C1. The van der Waals surface area contributed by atoms with Gasteiger partial charge in [0.05, 0.1) is 0 Å². The van der Waals surface area contributed by atoms with Crippen LogP contribution in [0.5, 0.6) is 0 Å². The lowest BCUT2D eigenvalue weighted by Crippen LogP contribution is -2.40. The van der Waals surface area contributed by atoms with E-state index in [1.807, 2.05) is 0 Å². The van der Waals surface area contributed by atoms with E-state index in [9.17, 15) is 0 Å². The first-order valence-electron chi connectivity index (χ1n) is 16.8. The van der Waals surface area contributed by atoms with Crippen molar-refractivity contribution in [3.63, 3.8) is 0 Å². The number of hydrogen-bond donors (Lipinski definition) is 0. The van der Waals surface area contributed by atoms with Crippen molar-refractivity contribution in [2.45, 2.75) is 91.1 Å². The van der Waals surface area contributed by atoms with Gasteiger partial charge in [0.25, 0.3) is 0 Å². The van der Waals surface area contributed by atoms with Crippen LogP contribution in [0.25, 0.3) is 34.4 Å². The van der Waals surface area contributed by atoms with Crippen LogP contribution in [0.15, 0.2) is 95.3 Å². The highest BCUT2D eigenvalue weighted by Crippen LogP contribution is 2.48. The fourth-order valence-corrected chi connectivity index (χ4v) is 13.2. The zero-order chi connectivity index (χ0) is 29.8. The largest absolute Gasteiger partial charge is 0.109 e. The minimum absolute atomic E-state index is 1.14. The second-order valence-corrected chi connectivity index (χ2v) is 17.6. The Kier molecular flexibility index (Phi) is 9.00. The lowest BCUT2D eigenvalue weighted by atomic mass is 9.97. The zero-order valence-corrected chi connectivity index (χ0v) is 27.8. The van der Waals surface area contributed by atoms with Gasteiger partial charge < -0.3 is 0 Å². The van der Waals surface area contributed by atoms with E-state index in [2.05, 4.69) is 125 Å². The minimum Gasteiger partial charge on any atom is -0.0709 e. The Balaban J connectivity index is 1.46. The van der Waals surface area contributed by atoms with Gasteiger partial charge in [-0.2, -0.15) is 0 Å². The molecule has 4 aromatic carbocycles. The Bertz CT molecular complexity index is 1510. The van der Waals surface area contributed by atoms with Crippen molar-refractivity contribution in [2.75, 3.05) is 0 Å². The third-order valence-electron chi connectivity index (χ3n) is 10.2. The third-order valence-corrected chi connectivity index (χ3v) is 15.7. The van der Waals surface area contributed by atoms with Crippen molar-refractivity contribution in [2.24, 2.45) is 0 Å². The van der Waals surface area contributed by atoms with Crippen LogP contribution in [0.1, 0.15) is 85.8 Å². The molecule has 0 nitrogen and oxygen atoms in total. The molecular weight excluding hydrogens is 533 g/mol. The maximum absolute atomic E-state index is 2.69. The molecule has 0 aromatic heterocycles. The summed E-state index contributed by atoms with van der Waals surface area (Å²) in [6.07, 6.45) is 15.6. The van der Waals surface area contributed by atoms with Gasteiger partial charge in [-0.3, -0.25) is 0 Å². The summed E-state index contributed by atoms with van der Waals surface area (Å²) in [4.78, 5) is 0. The number of benzene rings is 4. The molecule has 2 aliphatic carbocycles. The van der Waals surface area contributed by atoms with Gasteiger partial charge in [0.15, 0.2) is 0 Å². The van der Waals surface area contributed by atoms with Gasteiger partial charge in [-0.05, 0) is 83.3 Å². The molecule has 0 radical (unpaired) electrons. The summed E-state index contributed by atoms with van der Waals surface area (Å²) in [5.41, 5.74) is 14.2. The lowest BCUT2D eigenvalue weighted by molar-refractivity contribution is 0.739. The van der Waals surface area contributed by atoms with Crippen LogP contribution in [-0.2, 0) is 12.8 Å². The number of unbranched alkanes of at least 4 members (excludes halogenated alkanes) is 4. The molecule has 43 heavy (non-hydrogen) atoms. The Hall–Kier alpha value is -3.42. The molecule has 220 valence electrons. The molecule has 0 aliphatic heterocycles. The first-order chi connectivity index (χ1) is 21.0. The second kappa shape index (κ2) is 13.1. The van der Waals surface area contributed by atoms with E-state index < -0.39 is 8.07 Å². The first-order valence-corrected chi connectivity index (χ1v) is 19.2. The maximum atomic E-state index is 2.69. The number of allylic oxidation sites excluding steroid dienone is 2. The summed E-state index contributed by atoms with van der Waals surface area (Å²) in [5.74, 6) is 0. The molecule has 1 heteroatoms. The summed E-state index contributed by atoms with van der Waals surface area (Å²) >= 11 is 0. The van der Waals surface area contributed by atoms with Crippen LogP contribution in [0.4, 0.5) is 0 Å². The first kappa shape index (κ1) is 29.6. The molecular formula is C42H48Si. The molecule has 0 spiro atoms. The normalized spacial score (nSPS) is 14.0. The Morgan fingerprint density at radius 2 is 0.930 bits per heavy atom. The molecule has 0 fully saturated rings. The molecule has 0 unspecified atom stereocenters. The molecule has 0 atom stereocenters. The quantitative estimate of drug-likeness (QED) is 0.115. The van der Waals surface area contributed by atoms with Crippen molar-refractivity contribution in [1.82, 2.24) is 0 Å². The standard InChI is InChI=1S/C42H48Si/c1-5-7-9-25-43(26-10-8-6-2,37-27-35-13-11-15-39(41(35)29-37)33-21-17-31(3)18-22-33)38-28-36-14-12-16-40(42(36)30-38)34-23-19-32(4)20-24-34/h11-24,29-30H,5-10,25-28H2,1-4H3. The van der Waals surface area contributed by atoms with Crippen molar-refractivity contribution in [3.05, 3.63) is 129 Å². The zero-order valence-electron chi connectivity index (χ0n) is 26.8. The van der Waals surface area contributed by atoms with Crippen LogP contribution in [0.3, 0.4) is 0 Å². The Morgan fingerprint density at radius 1 is 0.512 bits per heavy atom. The summed E-state index contributed by atoms with van der Waals surface area (Å²) in [7, 11) is -1.94. The monoisotopic (exact) mass is 580 g/mol. The van der Waals surface area contributed by atoms with E-state index in [0.29, 0.717) is 0 Å². The van der Waals surface area contributed by atoms with Gasteiger partial charge in [0.2, 0.25) is 0 Å². The van der Waals surface area contributed by atoms with Crippen molar-refractivity contribution >= 4 is 20.2 Å². The predicted octanol–water partition coefficient (Wildman–Crippen LogP) is 12.1. The minimum atomic E-state index is -1.94. The summed E-state index contributed by atoms with van der Waals surface area (Å²) in [6, 6.07) is 35.2. The predicted molar refractivity (Wildman–Crippen MR) is 191 cm³/mol. The molecule has 0 N–H and O–H groups in total. The molecule has 0 saturated heterocycles. The van der Waals surface area contributed by atoms with Crippen molar-refractivity contribution < 1.29 is 0 Å². The summed E-state index contributed by atoms with van der Waals surface area (Å²) in [6.45, 7) is 9.08. The van der Waals surface area contributed by atoms with E-state index in [4.69, 9.17) is 0 Å². The van der Waals surface area contributed by atoms with Gasteiger partial charge in [-0.1, -0.05) is 171 Å². The highest BCUT2D eigenvalue weighted by atomic mass is 28.3. The molecule has 2 aliphatic rings. The number of rotatable bonds is 12. The van der Waals surface area contributed by atoms with E-state index in [-0.39, 0.29) is 0 Å². The van der Waals surface area contributed by atoms with E-state index in [1.54, 1.807) is 10.4 Å². The van der Waals surface area contributed by atoms with E-state index in [1.165, 1.54) is 106 Å². The van der Waals surface area contributed by atoms with Gasteiger partial charge in [0, 0.05) is 0 Å². The number of hydrogen-bond acceptors (Lipinski definition) is 0. The number of aryl methyl sites for hydroxylation is 2. The molecule has 0 heterocycles. The summed E-state index contributed by atoms with van der Waals surface area (Å²) in [5, 5.41) is 3.59. The van der Waals surface area contributed by atoms with Crippen molar-refractivity contribution in [1.29, 1.82) is 0 Å². The molecule has 4 aromatic rings. The van der Waals surface area contributed by atoms with Crippen LogP contribution in [-0.4, -0.2) is 8.07 Å². The maximum Gasteiger partial charge on any atom is 0.109 e. The summed E-state index contributed by atoms with van der Waals surface area (Å²) < 4.78 is 0. The smallest absolute Gasteiger partial charge is 0.0709 e. The van der Waals surface area contributed by atoms with Crippen LogP contribution < -0.4 is 0 Å².